The topological polar surface area (TPSA) is 63.8 Å². The highest BCUT2D eigenvalue weighted by Crippen LogP contribution is 2.15. The maximum Gasteiger partial charge on any atom is 0.133 e. The Morgan fingerprint density at radius 2 is 2.00 bits per heavy atom. The zero-order valence-corrected chi connectivity index (χ0v) is 12.0. The van der Waals surface area contributed by atoms with E-state index in [1.165, 1.54) is 6.42 Å². The molecule has 1 aromatic heterocycles. The molecule has 0 saturated heterocycles. The van der Waals surface area contributed by atoms with Crippen LogP contribution in [0.1, 0.15) is 52.8 Å². The van der Waals surface area contributed by atoms with E-state index in [1.807, 2.05) is 6.07 Å². The van der Waals surface area contributed by atoms with Crippen molar-refractivity contribution in [2.75, 3.05) is 11.1 Å². The second-order valence-corrected chi connectivity index (χ2v) is 5.14. The number of anilines is 2. The standard InChI is InChI=1S/C14H26N4/c1-5-7-13-17-12(15)9-14(18-13)16-11(4)8-10(3)6-2/h9-11H,5-8H2,1-4H3,(H3,15,16,17,18). The molecule has 1 aromatic rings. The highest BCUT2D eigenvalue weighted by Gasteiger charge is 2.09. The van der Waals surface area contributed by atoms with Gasteiger partial charge < -0.3 is 11.1 Å². The molecule has 102 valence electrons. The fourth-order valence-electron chi connectivity index (χ4n) is 2.01. The van der Waals surface area contributed by atoms with Gasteiger partial charge in [0.1, 0.15) is 17.5 Å². The van der Waals surface area contributed by atoms with Gasteiger partial charge in [0.05, 0.1) is 0 Å². The average Bonchev–Trinajstić information content (AvgIpc) is 2.28. The normalized spacial score (nSPS) is 14.2. The first-order valence-electron chi connectivity index (χ1n) is 6.95. The SMILES string of the molecule is CCCc1nc(N)cc(NC(C)CC(C)CC)n1. The first kappa shape index (κ1) is 14.7. The van der Waals surface area contributed by atoms with Crippen LogP contribution in [0, 0.1) is 5.92 Å². The Bertz CT molecular complexity index is 365. The van der Waals surface area contributed by atoms with E-state index in [1.54, 1.807) is 0 Å². The predicted molar refractivity (Wildman–Crippen MR) is 77.6 cm³/mol. The van der Waals surface area contributed by atoms with Gasteiger partial charge in [-0.05, 0) is 25.7 Å². The van der Waals surface area contributed by atoms with Crippen molar-refractivity contribution >= 4 is 11.6 Å². The van der Waals surface area contributed by atoms with Crippen LogP contribution < -0.4 is 11.1 Å². The van der Waals surface area contributed by atoms with Crippen molar-refractivity contribution in [1.29, 1.82) is 0 Å². The van der Waals surface area contributed by atoms with E-state index in [9.17, 15) is 0 Å². The maximum absolute atomic E-state index is 5.80. The third-order valence-corrected chi connectivity index (χ3v) is 3.11. The second-order valence-electron chi connectivity index (χ2n) is 5.14. The average molecular weight is 250 g/mol. The summed E-state index contributed by atoms with van der Waals surface area (Å²) in [5.41, 5.74) is 5.80. The molecule has 0 aromatic carbocycles. The number of nitrogens with zero attached hydrogens (tertiary/aromatic N) is 2. The molecule has 0 aliphatic rings. The molecule has 2 atom stereocenters. The van der Waals surface area contributed by atoms with Gasteiger partial charge in [0.25, 0.3) is 0 Å². The quantitative estimate of drug-likeness (QED) is 0.779. The van der Waals surface area contributed by atoms with Crippen LogP contribution in [0.25, 0.3) is 0 Å². The molecule has 1 heterocycles. The van der Waals surface area contributed by atoms with Gasteiger partial charge in [0, 0.05) is 18.5 Å². The van der Waals surface area contributed by atoms with Gasteiger partial charge >= 0.3 is 0 Å². The molecule has 0 aliphatic carbocycles. The third kappa shape index (κ3) is 4.90. The number of hydrogen-bond acceptors (Lipinski definition) is 4. The van der Waals surface area contributed by atoms with Gasteiger partial charge in [-0.15, -0.1) is 0 Å². The summed E-state index contributed by atoms with van der Waals surface area (Å²) in [7, 11) is 0. The van der Waals surface area contributed by atoms with Gasteiger partial charge in [-0.2, -0.15) is 0 Å². The molecule has 0 radical (unpaired) electrons. The molecule has 0 fully saturated rings. The highest BCUT2D eigenvalue weighted by molar-refractivity contribution is 5.45. The van der Waals surface area contributed by atoms with Crippen molar-refractivity contribution in [3.63, 3.8) is 0 Å². The molecular formula is C14H26N4. The van der Waals surface area contributed by atoms with Crippen LogP contribution in [0.3, 0.4) is 0 Å². The molecule has 18 heavy (non-hydrogen) atoms. The zero-order valence-electron chi connectivity index (χ0n) is 12.0. The Balaban J connectivity index is 2.65. The fraction of sp³-hybridized carbons (Fsp3) is 0.714. The molecule has 4 heteroatoms. The highest BCUT2D eigenvalue weighted by atomic mass is 15.1. The Hall–Kier alpha value is -1.32. The number of aromatic nitrogens is 2. The Kier molecular flexibility index (Phi) is 5.89. The van der Waals surface area contributed by atoms with E-state index in [2.05, 4.69) is 43.0 Å². The lowest BCUT2D eigenvalue weighted by atomic mass is 10.0. The summed E-state index contributed by atoms with van der Waals surface area (Å²) in [6, 6.07) is 2.22. The van der Waals surface area contributed by atoms with Crippen molar-refractivity contribution < 1.29 is 0 Å². The van der Waals surface area contributed by atoms with E-state index in [0.717, 1.165) is 36.8 Å². The summed E-state index contributed by atoms with van der Waals surface area (Å²) < 4.78 is 0. The minimum absolute atomic E-state index is 0.406. The predicted octanol–water partition coefficient (Wildman–Crippen LogP) is 3.25. The van der Waals surface area contributed by atoms with Crippen LogP contribution in [0.4, 0.5) is 11.6 Å². The molecule has 1 rings (SSSR count). The third-order valence-electron chi connectivity index (χ3n) is 3.11. The maximum atomic E-state index is 5.80. The van der Waals surface area contributed by atoms with Crippen LogP contribution >= 0.6 is 0 Å². The summed E-state index contributed by atoms with van der Waals surface area (Å²) in [5, 5.41) is 3.42. The smallest absolute Gasteiger partial charge is 0.133 e. The second kappa shape index (κ2) is 7.19. The monoisotopic (exact) mass is 250 g/mol. The summed E-state index contributed by atoms with van der Waals surface area (Å²) in [6.07, 6.45) is 4.26. The van der Waals surface area contributed by atoms with Crippen LogP contribution in [0.2, 0.25) is 0 Å². The lowest BCUT2D eigenvalue weighted by Crippen LogP contribution is -2.19. The number of hydrogen-bond donors (Lipinski definition) is 2. The van der Waals surface area contributed by atoms with Crippen LogP contribution in [-0.4, -0.2) is 16.0 Å². The van der Waals surface area contributed by atoms with Crippen molar-refractivity contribution in [2.45, 2.75) is 59.4 Å². The van der Waals surface area contributed by atoms with Gasteiger partial charge in [-0.25, -0.2) is 9.97 Å². The number of nitrogens with one attached hydrogen (secondary N) is 1. The number of nitrogen functional groups attached to an aromatic ring is 1. The van der Waals surface area contributed by atoms with Gasteiger partial charge in [-0.1, -0.05) is 27.2 Å². The minimum Gasteiger partial charge on any atom is -0.384 e. The molecule has 0 spiro atoms. The van der Waals surface area contributed by atoms with Crippen LogP contribution in [0.5, 0.6) is 0 Å². The van der Waals surface area contributed by atoms with Crippen LogP contribution in [-0.2, 0) is 6.42 Å². The summed E-state index contributed by atoms with van der Waals surface area (Å²) in [6.45, 7) is 8.80. The number of rotatable bonds is 7. The Morgan fingerprint density at radius 1 is 1.28 bits per heavy atom. The molecule has 0 bridgehead atoms. The first-order valence-corrected chi connectivity index (χ1v) is 6.95. The molecule has 2 unspecified atom stereocenters. The molecule has 0 saturated carbocycles. The van der Waals surface area contributed by atoms with Gasteiger partial charge in [0.2, 0.25) is 0 Å². The molecular weight excluding hydrogens is 224 g/mol. The van der Waals surface area contributed by atoms with Gasteiger partial charge in [0.15, 0.2) is 0 Å². The summed E-state index contributed by atoms with van der Waals surface area (Å²) in [5.74, 6) is 2.95. The molecule has 0 amide bonds. The molecule has 4 nitrogen and oxygen atoms in total. The first-order chi connectivity index (χ1) is 8.55. The van der Waals surface area contributed by atoms with E-state index in [4.69, 9.17) is 5.73 Å². The summed E-state index contributed by atoms with van der Waals surface area (Å²) in [4.78, 5) is 8.73. The van der Waals surface area contributed by atoms with Crippen molar-refractivity contribution in [3.8, 4) is 0 Å². The Labute approximate surface area is 110 Å². The van der Waals surface area contributed by atoms with Crippen molar-refractivity contribution in [3.05, 3.63) is 11.9 Å². The lowest BCUT2D eigenvalue weighted by Gasteiger charge is -2.18. The van der Waals surface area contributed by atoms with Crippen molar-refractivity contribution in [1.82, 2.24) is 9.97 Å². The fourth-order valence-corrected chi connectivity index (χ4v) is 2.01. The van der Waals surface area contributed by atoms with E-state index in [-0.39, 0.29) is 0 Å². The van der Waals surface area contributed by atoms with E-state index in [0.29, 0.717) is 11.9 Å². The molecule has 0 aliphatic heterocycles. The van der Waals surface area contributed by atoms with Crippen LogP contribution in [0.15, 0.2) is 6.07 Å². The van der Waals surface area contributed by atoms with Crippen molar-refractivity contribution in [2.24, 2.45) is 5.92 Å². The minimum atomic E-state index is 0.406. The largest absolute Gasteiger partial charge is 0.384 e. The van der Waals surface area contributed by atoms with E-state index < -0.39 is 0 Å². The number of aryl methyl sites for hydroxylation is 1. The Morgan fingerprint density at radius 3 is 2.61 bits per heavy atom. The zero-order chi connectivity index (χ0) is 13.5. The summed E-state index contributed by atoms with van der Waals surface area (Å²) >= 11 is 0. The van der Waals surface area contributed by atoms with E-state index >= 15 is 0 Å². The van der Waals surface area contributed by atoms with Gasteiger partial charge in [-0.3, -0.25) is 0 Å². The molecule has 3 N–H and O–H groups in total. The lowest BCUT2D eigenvalue weighted by molar-refractivity contribution is 0.483. The number of nitrogens with two attached hydrogens (primary N) is 1.